The van der Waals surface area contributed by atoms with Gasteiger partial charge in [-0.15, -0.1) is 0 Å². The Hall–Kier alpha value is -1.59. The van der Waals surface area contributed by atoms with Crippen molar-refractivity contribution in [2.45, 2.75) is 259 Å². The molecule has 52 heavy (non-hydrogen) atoms. The number of rotatable bonds is 41. The van der Waals surface area contributed by atoms with E-state index in [1.165, 1.54) is 141 Å². The fourth-order valence-electron chi connectivity index (χ4n) is 6.80. The summed E-state index contributed by atoms with van der Waals surface area (Å²) in [5.41, 5.74) is 0. The first-order valence-electron chi connectivity index (χ1n) is 22.9. The Balaban J connectivity index is 4.18. The van der Waals surface area contributed by atoms with Gasteiger partial charge in [0.25, 0.3) is 0 Å². The van der Waals surface area contributed by atoms with Gasteiger partial charge in [-0.2, -0.15) is 0 Å². The molecular formula is C46H88O6. The normalized spacial score (nSPS) is 11.9. The van der Waals surface area contributed by atoms with Gasteiger partial charge in [0, 0.05) is 19.3 Å². The molecule has 1 atom stereocenters. The third-order valence-corrected chi connectivity index (χ3v) is 10.3. The standard InChI is InChI=1S/C46H88O6/c1-5-7-9-11-12-13-14-15-16-20-23-26-30-34-38-45(48)51-41-43(40-50-44(47)37-33-28-10-8-6-2)52-46(49)39-35-31-27-24-21-18-17-19-22-25-29-32-36-42(3)4/h42-43H,5-41H2,1-4H3/t43-/m1/s1. The quantitative estimate of drug-likeness (QED) is 0.0353. The van der Waals surface area contributed by atoms with Crippen LogP contribution in [-0.4, -0.2) is 37.2 Å². The van der Waals surface area contributed by atoms with Gasteiger partial charge < -0.3 is 14.2 Å². The number of esters is 3. The average Bonchev–Trinajstić information content (AvgIpc) is 3.12. The summed E-state index contributed by atoms with van der Waals surface area (Å²) >= 11 is 0. The lowest BCUT2D eigenvalue weighted by Crippen LogP contribution is -2.30. The highest BCUT2D eigenvalue weighted by molar-refractivity contribution is 5.71. The lowest BCUT2D eigenvalue weighted by molar-refractivity contribution is -0.167. The van der Waals surface area contributed by atoms with Crippen LogP contribution in [0.25, 0.3) is 0 Å². The van der Waals surface area contributed by atoms with Crippen molar-refractivity contribution in [3.05, 3.63) is 0 Å². The van der Waals surface area contributed by atoms with Crippen LogP contribution < -0.4 is 0 Å². The van der Waals surface area contributed by atoms with Crippen molar-refractivity contribution in [3.63, 3.8) is 0 Å². The summed E-state index contributed by atoms with van der Waals surface area (Å²) < 4.78 is 16.6. The maximum atomic E-state index is 12.7. The van der Waals surface area contributed by atoms with Gasteiger partial charge in [0.1, 0.15) is 13.2 Å². The van der Waals surface area contributed by atoms with Crippen LogP contribution in [0.1, 0.15) is 252 Å². The molecule has 0 N–H and O–H groups in total. The van der Waals surface area contributed by atoms with Gasteiger partial charge in [0.2, 0.25) is 0 Å². The summed E-state index contributed by atoms with van der Waals surface area (Å²) in [6.45, 7) is 8.92. The number of unbranched alkanes of at least 4 members (excludes halogenated alkanes) is 28. The predicted octanol–water partition coefficient (Wildman–Crippen LogP) is 14.3. The molecule has 0 fully saturated rings. The van der Waals surface area contributed by atoms with Gasteiger partial charge in [-0.1, -0.05) is 214 Å². The molecule has 0 amide bonds. The maximum Gasteiger partial charge on any atom is 0.306 e. The van der Waals surface area contributed by atoms with E-state index in [9.17, 15) is 14.4 Å². The van der Waals surface area contributed by atoms with E-state index in [4.69, 9.17) is 14.2 Å². The minimum atomic E-state index is -0.757. The Bertz CT molecular complexity index is 781. The Kier molecular flexibility index (Phi) is 39.4. The van der Waals surface area contributed by atoms with Crippen molar-refractivity contribution < 1.29 is 28.6 Å². The molecule has 0 rings (SSSR count). The van der Waals surface area contributed by atoms with Gasteiger partial charge in [-0.25, -0.2) is 0 Å². The second-order valence-corrected chi connectivity index (χ2v) is 16.2. The Morgan fingerprint density at radius 2 is 0.635 bits per heavy atom. The predicted molar refractivity (Wildman–Crippen MR) is 220 cm³/mol. The first kappa shape index (κ1) is 50.4. The topological polar surface area (TPSA) is 78.9 Å². The van der Waals surface area contributed by atoms with E-state index in [0.717, 1.165) is 70.1 Å². The molecule has 0 spiro atoms. The fourth-order valence-corrected chi connectivity index (χ4v) is 6.80. The summed E-state index contributed by atoms with van der Waals surface area (Å²) in [6, 6.07) is 0. The zero-order valence-electron chi connectivity index (χ0n) is 35.3. The van der Waals surface area contributed by atoms with E-state index in [1.807, 2.05) is 0 Å². The monoisotopic (exact) mass is 737 g/mol. The molecule has 0 radical (unpaired) electrons. The van der Waals surface area contributed by atoms with Crippen LogP contribution in [0.4, 0.5) is 0 Å². The van der Waals surface area contributed by atoms with Crippen molar-refractivity contribution >= 4 is 17.9 Å². The summed E-state index contributed by atoms with van der Waals surface area (Å²) in [4.78, 5) is 37.5. The molecule has 0 heterocycles. The highest BCUT2D eigenvalue weighted by Crippen LogP contribution is 2.16. The molecule has 0 aromatic heterocycles. The zero-order valence-corrected chi connectivity index (χ0v) is 35.3. The molecule has 0 aliphatic rings. The Labute approximate surface area is 323 Å². The number of carbonyl (C=O) groups is 3. The summed E-state index contributed by atoms with van der Waals surface area (Å²) in [5, 5.41) is 0. The van der Waals surface area contributed by atoms with Crippen molar-refractivity contribution in [1.29, 1.82) is 0 Å². The van der Waals surface area contributed by atoms with Crippen molar-refractivity contribution in [2.24, 2.45) is 5.92 Å². The largest absolute Gasteiger partial charge is 0.462 e. The molecule has 0 unspecified atom stereocenters. The average molecular weight is 737 g/mol. The van der Waals surface area contributed by atoms with Crippen LogP contribution in [0.5, 0.6) is 0 Å². The second kappa shape index (κ2) is 40.6. The van der Waals surface area contributed by atoms with Gasteiger partial charge in [-0.3, -0.25) is 14.4 Å². The van der Waals surface area contributed by atoms with Crippen LogP contribution >= 0.6 is 0 Å². The second-order valence-electron chi connectivity index (χ2n) is 16.2. The fraction of sp³-hybridized carbons (Fsp3) is 0.935. The van der Waals surface area contributed by atoms with Crippen LogP contribution in [-0.2, 0) is 28.6 Å². The molecule has 0 aliphatic carbocycles. The van der Waals surface area contributed by atoms with E-state index in [0.29, 0.717) is 19.3 Å². The summed E-state index contributed by atoms with van der Waals surface area (Å²) in [5.74, 6) is -0.0349. The van der Waals surface area contributed by atoms with Crippen molar-refractivity contribution in [2.75, 3.05) is 13.2 Å². The Morgan fingerprint density at radius 3 is 0.942 bits per heavy atom. The van der Waals surface area contributed by atoms with E-state index < -0.39 is 6.10 Å². The number of ether oxygens (including phenoxy) is 3. The summed E-state index contributed by atoms with van der Waals surface area (Å²) in [6.07, 6.45) is 39.7. The van der Waals surface area contributed by atoms with Gasteiger partial charge in [0.05, 0.1) is 0 Å². The minimum absolute atomic E-state index is 0.0646. The first-order valence-corrected chi connectivity index (χ1v) is 22.9. The zero-order chi connectivity index (χ0) is 38.2. The molecular weight excluding hydrogens is 648 g/mol. The van der Waals surface area contributed by atoms with E-state index in [-0.39, 0.29) is 31.1 Å². The first-order chi connectivity index (χ1) is 25.4. The Morgan fingerprint density at radius 1 is 0.365 bits per heavy atom. The number of hydrogen-bond donors (Lipinski definition) is 0. The van der Waals surface area contributed by atoms with Crippen LogP contribution in [0.15, 0.2) is 0 Å². The lowest BCUT2D eigenvalue weighted by atomic mass is 10.0. The molecule has 0 aromatic carbocycles. The molecule has 6 nitrogen and oxygen atoms in total. The molecule has 0 aromatic rings. The van der Waals surface area contributed by atoms with Gasteiger partial charge in [0.15, 0.2) is 6.10 Å². The van der Waals surface area contributed by atoms with E-state index in [1.54, 1.807) is 0 Å². The number of hydrogen-bond acceptors (Lipinski definition) is 6. The van der Waals surface area contributed by atoms with Crippen LogP contribution in [0, 0.1) is 5.92 Å². The molecule has 6 heteroatoms. The lowest BCUT2D eigenvalue weighted by Gasteiger charge is -2.18. The third-order valence-electron chi connectivity index (χ3n) is 10.3. The smallest absolute Gasteiger partial charge is 0.306 e. The summed E-state index contributed by atoms with van der Waals surface area (Å²) in [7, 11) is 0. The van der Waals surface area contributed by atoms with Crippen LogP contribution in [0.2, 0.25) is 0 Å². The SMILES string of the molecule is CCCCCCCCCCCCCCCCC(=O)OC[C@@H](COC(=O)CCCCCCC)OC(=O)CCCCCCCCCCCCCCC(C)C. The minimum Gasteiger partial charge on any atom is -0.462 e. The van der Waals surface area contributed by atoms with E-state index in [2.05, 4.69) is 27.7 Å². The van der Waals surface area contributed by atoms with Crippen LogP contribution in [0.3, 0.4) is 0 Å². The maximum absolute atomic E-state index is 12.7. The molecule has 308 valence electrons. The highest BCUT2D eigenvalue weighted by atomic mass is 16.6. The molecule has 0 saturated carbocycles. The van der Waals surface area contributed by atoms with Gasteiger partial charge in [-0.05, 0) is 25.2 Å². The highest BCUT2D eigenvalue weighted by Gasteiger charge is 2.19. The van der Waals surface area contributed by atoms with Crippen molar-refractivity contribution in [3.8, 4) is 0 Å². The van der Waals surface area contributed by atoms with Crippen molar-refractivity contribution in [1.82, 2.24) is 0 Å². The van der Waals surface area contributed by atoms with Gasteiger partial charge >= 0.3 is 17.9 Å². The molecule has 0 bridgehead atoms. The third kappa shape index (κ3) is 39.6. The molecule has 0 aliphatic heterocycles. The molecule has 0 saturated heterocycles. The van der Waals surface area contributed by atoms with E-state index >= 15 is 0 Å². The number of carbonyl (C=O) groups excluding carboxylic acids is 3.